The Balaban J connectivity index is 1.38. The van der Waals surface area contributed by atoms with Crippen molar-refractivity contribution in [3.63, 3.8) is 0 Å². The smallest absolute Gasteiger partial charge is 0.278 e. The molecule has 1 aliphatic carbocycles. The highest BCUT2D eigenvalue weighted by Gasteiger charge is 2.45. The van der Waals surface area contributed by atoms with Crippen molar-refractivity contribution in [2.75, 3.05) is 66.4 Å². The monoisotopic (exact) mass is 480 g/mol. The molecule has 188 valence electrons. The van der Waals surface area contributed by atoms with Crippen LogP contribution in [0.5, 0.6) is 0 Å². The van der Waals surface area contributed by atoms with Crippen LogP contribution in [0, 0.1) is 5.41 Å². The quantitative estimate of drug-likeness (QED) is 0.556. The molecule has 1 amide bonds. The molecule has 3 aliphatic rings. The first-order chi connectivity index (χ1) is 16.9. The van der Waals surface area contributed by atoms with Gasteiger partial charge in [0.05, 0.1) is 31.6 Å². The minimum absolute atomic E-state index is 0.0437. The third kappa shape index (κ3) is 5.51. The predicted molar refractivity (Wildman–Crippen MR) is 137 cm³/mol. The fraction of sp³-hybridized carbons (Fsp3) is 0.577. The number of carbonyl (C=O) groups excluding carboxylic acids is 1. The van der Waals surface area contributed by atoms with E-state index in [9.17, 15) is 9.90 Å². The summed E-state index contributed by atoms with van der Waals surface area (Å²) in [5, 5.41) is 15.9. The summed E-state index contributed by atoms with van der Waals surface area (Å²) in [4.78, 5) is 27.2. The van der Waals surface area contributed by atoms with Crippen molar-refractivity contribution in [2.24, 2.45) is 5.41 Å². The molecule has 1 spiro atoms. The van der Waals surface area contributed by atoms with Crippen molar-refractivity contribution < 1.29 is 14.6 Å². The molecule has 3 N–H and O–H groups in total. The number of hydrogen-bond donors (Lipinski definition) is 3. The van der Waals surface area contributed by atoms with E-state index in [-0.39, 0.29) is 12.5 Å². The number of aliphatic hydroxyl groups is 1. The SMILES string of the molecule is CC(C)(CO)Nc1cnc(C(=O)Nc2cccc(N3CCOCC3)c2)c(N2CCC3(CC2)CC3)n1. The number of morpholine rings is 1. The lowest BCUT2D eigenvalue weighted by Gasteiger charge is -2.34. The molecule has 0 radical (unpaired) electrons. The van der Waals surface area contributed by atoms with E-state index in [1.165, 1.54) is 12.8 Å². The Kier molecular flexibility index (Phi) is 6.55. The van der Waals surface area contributed by atoms with Gasteiger partial charge >= 0.3 is 0 Å². The largest absolute Gasteiger partial charge is 0.394 e. The van der Waals surface area contributed by atoms with E-state index in [0.717, 1.165) is 50.4 Å². The average molecular weight is 481 g/mol. The number of aliphatic hydroxyl groups excluding tert-OH is 1. The number of ether oxygens (including phenoxy) is 1. The van der Waals surface area contributed by atoms with Gasteiger partial charge in [-0.1, -0.05) is 6.07 Å². The number of nitrogens with one attached hydrogen (secondary N) is 2. The molecule has 1 saturated carbocycles. The number of piperidine rings is 1. The summed E-state index contributed by atoms with van der Waals surface area (Å²) >= 11 is 0. The van der Waals surface area contributed by atoms with Gasteiger partial charge in [-0.15, -0.1) is 0 Å². The fourth-order valence-corrected chi connectivity index (χ4v) is 4.87. The standard InChI is InChI=1S/C26H36N6O3/c1-25(2,18-33)30-21-17-27-22(23(29-21)32-10-8-26(6-7-26)9-11-32)24(34)28-19-4-3-5-20(16-19)31-12-14-35-15-13-31/h3-5,16-17,33H,6-15,18H2,1-2H3,(H,28,34)(H,29,30). The van der Waals surface area contributed by atoms with E-state index in [1.54, 1.807) is 6.20 Å². The first-order valence-corrected chi connectivity index (χ1v) is 12.6. The topological polar surface area (TPSA) is 103 Å². The van der Waals surface area contributed by atoms with Crippen molar-refractivity contribution in [3.05, 3.63) is 36.2 Å². The summed E-state index contributed by atoms with van der Waals surface area (Å²) in [6.07, 6.45) is 6.44. The van der Waals surface area contributed by atoms with Gasteiger partial charge in [0.1, 0.15) is 5.82 Å². The van der Waals surface area contributed by atoms with Gasteiger partial charge in [0.15, 0.2) is 11.5 Å². The number of rotatable bonds is 7. The zero-order valence-corrected chi connectivity index (χ0v) is 20.7. The number of amides is 1. The Morgan fingerprint density at radius 1 is 1.11 bits per heavy atom. The van der Waals surface area contributed by atoms with E-state index in [4.69, 9.17) is 9.72 Å². The van der Waals surface area contributed by atoms with Crippen LogP contribution in [0.3, 0.4) is 0 Å². The minimum atomic E-state index is -0.546. The molecule has 2 saturated heterocycles. The van der Waals surface area contributed by atoms with Crippen LogP contribution in [0.2, 0.25) is 0 Å². The van der Waals surface area contributed by atoms with E-state index in [1.807, 2.05) is 32.0 Å². The molecule has 1 aromatic carbocycles. The number of aromatic nitrogens is 2. The van der Waals surface area contributed by atoms with Crippen LogP contribution in [-0.4, -0.2) is 72.5 Å². The molecule has 5 rings (SSSR count). The fourth-order valence-electron chi connectivity index (χ4n) is 4.87. The number of hydrogen-bond acceptors (Lipinski definition) is 8. The van der Waals surface area contributed by atoms with Crippen LogP contribution < -0.4 is 20.4 Å². The van der Waals surface area contributed by atoms with Crippen LogP contribution in [0.25, 0.3) is 0 Å². The third-order valence-corrected chi connectivity index (χ3v) is 7.39. The van der Waals surface area contributed by atoms with Gasteiger partial charge in [0.2, 0.25) is 0 Å². The van der Waals surface area contributed by atoms with E-state index in [0.29, 0.717) is 36.0 Å². The Labute approximate surface area is 206 Å². The lowest BCUT2D eigenvalue weighted by molar-refractivity contribution is 0.102. The first-order valence-electron chi connectivity index (χ1n) is 12.6. The summed E-state index contributed by atoms with van der Waals surface area (Å²) in [6.45, 7) is 8.58. The Hall–Kier alpha value is -2.91. The van der Waals surface area contributed by atoms with Crippen LogP contribution in [0.1, 0.15) is 50.0 Å². The molecule has 0 unspecified atom stereocenters. The van der Waals surface area contributed by atoms with E-state index >= 15 is 0 Å². The summed E-state index contributed by atoms with van der Waals surface area (Å²) in [5.74, 6) is 0.879. The molecule has 35 heavy (non-hydrogen) atoms. The summed E-state index contributed by atoms with van der Waals surface area (Å²) < 4.78 is 5.46. The molecule has 3 heterocycles. The molecule has 9 nitrogen and oxygen atoms in total. The van der Waals surface area contributed by atoms with Crippen LogP contribution in [0.15, 0.2) is 30.5 Å². The first kappa shape index (κ1) is 23.8. The number of nitrogens with zero attached hydrogens (tertiary/aromatic N) is 4. The van der Waals surface area contributed by atoms with Crippen LogP contribution >= 0.6 is 0 Å². The summed E-state index contributed by atoms with van der Waals surface area (Å²) in [7, 11) is 0. The third-order valence-electron chi connectivity index (χ3n) is 7.39. The Morgan fingerprint density at radius 3 is 2.54 bits per heavy atom. The lowest BCUT2D eigenvalue weighted by Crippen LogP contribution is -2.38. The Bertz CT molecular complexity index is 1050. The predicted octanol–water partition coefficient (Wildman–Crippen LogP) is 3.13. The molecule has 1 aromatic heterocycles. The summed E-state index contributed by atoms with van der Waals surface area (Å²) in [6, 6.07) is 7.90. The van der Waals surface area contributed by atoms with Crippen molar-refractivity contribution in [1.82, 2.24) is 9.97 Å². The number of carbonyl (C=O) groups is 1. The van der Waals surface area contributed by atoms with Gasteiger partial charge in [-0.05, 0) is 63.1 Å². The molecular formula is C26H36N6O3. The lowest BCUT2D eigenvalue weighted by atomic mass is 9.93. The van der Waals surface area contributed by atoms with E-state index < -0.39 is 5.54 Å². The zero-order chi connectivity index (χ0) is 24.5. The van der Waals surface area contributed by atoms with Gasteiger partial charge in [0.25, 0.3) is 5.91 Å². The van der Waals surface area contributed by atoms with E-state index in [2.05, 4.69) is 31.5 Å². The van der Waals surface area contributed by atoms with Gasteiger partial charge in [-0.25, -0.2) is 9.97 Å². The zero-order valence-electron chi connectivity index (χ0n) is 20.7. The van der Waals surface area contributed by atoms with Crippen LogP contribution in [0.4, 0.5) is 23.0 Å². The second-order valence-electron chi connectivity index (χ2n) is 10.7. The molecule has 9 heteroatoms. The van der Waals surface area contributed by atoms with Crippen molar-refractivity contribution >= 4 is 28.9 Å². The normalized spacial score (nSPS) is 19.5. The maximum Gasteiger partial charge on any atom is 0.278 e. The summed E-state index contributed by atoms with van der Waals surface area (Å²) in [5.41, 5.74) is 2.08. The average Bonchev–Trinajstić information content (AvgIpc) is 3.63. The molecule has 3 fully saturated rings. The highest BCUT2D eigenvalue weighted by Crippen LogP contribution is 2.54. The number of benzene rings is 1. The molecule has 0 bridgehead atoms. The van der Waals surface area contributed by atoms with Gasteiger partial charge in [-0.2, -0.15) is 0 Å². The molecule has 2 aliphatic heterocycles. The Morgan fingerprint density at radius 2 is 1.86 bits per heavy atom. The maximum atomic E-state index is 13.4. The molecular weight excluding hydrogens is 444 g/mol. The number of anilines is 4. The van der Waals surface area contributed by atoms with Gasteiger partial charge in [-0.3, -0.25) is 4.79 Å². The maximum absolute atomic E-state index is 13.4. The van der Waals surface area contributed by atoms with Gasteiger partial charge < -0.3 is 30.3 Å². The van der Waals surface area contributed by atoms with Crippen LogP contribution in [-0.2, 0) is 4.74 Å². The molecule has 2 aromatic rings. The highest BCUT2D eigenvalue weighted by molar-refractivity contribution is 6.06. The highest BCUT2D eigenvalue weighted by atomic mass is 16.5. The van der Waals surface area contributed by atoms with Crippen molar-refractivity contribution in [1.29, 1.82) is 0 Å². The minimum Gasteiger partial charge on any atom is -0.394 e. The van der Waals surface area contributed by atoms with Crippen molar-refractivity contribution in [2.45, 2.75) is 45.1 Å². The van der Waals surface area contributed by atoms with Gasteiger partial charge in [0, 0.05) is 37.6 Å². The second-order valence-corrected chi connectivity index (χ2v) is 10.7. The second kappa shape index (κ2) is 9.62. The van der Waals surface area contributed by atoms with Crippen molar-refractivity contribution in [3.8, 4) is 0 Å². The molecule has 0 atom stereocenters.